The van der Waals surface area contributed by atoms with E-state index in [1.54, 1.807) is 4.90 Å². The molecule has 0 aromatic heterocycles. The standard InChI is InChI=1S/C20H31F3N6O.HI/c1-4-24-19(27-17-8-9-29(12-17)14-20(21,22)23)25-11-15-6-5-7-16(10-15)26-18(30)13-28(2)3;/h5-7,10,17H,4,8-9,11-14H2,1-3H3,(H,26,30)(H2,24,25,27);1H. The summed E-state index contributed by atoms with van der Waals surface area (Å²) in [5.74, 6) is 0.471. The van der Waals surface area contributed by atoms with Gasteiger partial charge in [0.1, 0.15) is 0 Å². The maximum atomic E-state index is 12.6. The van der Waals surface area contributed by atoms with Crippen molar-refractivity contribution in [3.8, 4) is 0 Å². The highest BCUT2D eigenvalue weighted by molar-refractivity contribution is 14.0. The quantitative estimate of drug-likeness (QED) is 0.261. The highest BCUT2D eigenvalue weighted by atomic mass is 127. The maximum absolute atomic E-state index is 12.6. The van der Waals surface area contributed by atoms with Crippen LogP contribution in [0.1, 0.15) is 18.9 Å². The van der Waals surface area contributed by atoms with E-state index in [-0.39, 0.29) is 35.9 Å². The predicted octanol–water partition coefficient (Wildman–Crippen LogP) is 2.50. The molecule has 1 aliphatic rings. The number of nitrogens with one attached hydrogen (secondary N) is 3. The van der Waals surface area contributed by atoms with Crippen molar-refractivity contribution in [3.05, 3.63) is 29.8 Å². The van der Waals surface area contributed by atoms with Crippen molar-refractivity contribution >= 4 is 41.5 Å². The number of nitrogens with zero attached hydrogens (tertiary/aromatic N) is 3. The summed E-state index contributed by atoms with van der Waals surface area (Å²) in [6.45, 7) is 3.11. The number of carbonyl (C=O) groups excluding carboxylic acids is 1. The second kappa shape index (κ2) is 13.1. The summed E-state index contributed by atoms with van der Waals surface area (Å²) in [6, 6.07) is 7.36. The van der Waals surface area contributed by atoms with E-state index in [0.717, 1.165) is 5.56 Å². The summed E-state index contributed by atoms with van der Waals surface area (Å²) >= 11 is 0. The zero-order chi connectivity index (χ0) is 22.1. The van der Waals surface area contributed by atoms with Gasteiger partial charge in [-0.25, -0.2) is 4.99 Å². The number of rotatable bonds is 8. The normalized spacial score (nSPS) is 17.4. The van der Waals surface area contributed by atoms with Crippen LogP contribution in [-0.4, -0.2) is 80.7 Å². The van der Waals surface area contributed by atoms with Gasteiger partial charge in [0.25, 0.3) is 0 Å². The Kier molecular flexibility index (Phi) is 11.6. The van der Waals surface area contributed by atoms with E-state index >= 15 is 0 Å². The molecule has 1 aliphatic heterocycles. The molecule has 2 rings (SSSR count). The molecule has 1 fully saturated rings. The molecular formula is C20H32F3IN6O. The number of guanidine groups is 1. The maximum Gasteiger partial charge on any atom is 0.401 e. The van der Waals surface area contributed by atoms with Gasteiger partial charge in [-0.1, -0.05) is 12.1 Å². The Bertz CT molecular complexity index is 729. The van der Waals surface area contributed by atoms with Crippen LogP contribution in [0, 0.1) is 0 Å². The fourth-order valence-corrected chi connectivity index (χ4v) is 3.27. The van der Waals surface area contributed by atoms with Gasteiger partial charge in [0.2, 0.25) is 5.91 Å². The summed E-state index contributed by atoms with van der Waals surface area (Å²) < 4.78 is 37.7. The summed E-state index contributed by atoms with van der Waals surface area (Å²) in [5.41, 5.74) is 1.62. The van der Waals surface area contributed by atoms with E-state index in [1.165, 1.54) is 4.90 Å². The first-order chi connectivity index (χ1) is 14.1. The summed E-state index contributed by atoms with van der Waals surface area (Å²) in [5, 5.41) is 9.21. The van der Waals surface area contributed by atoms with Gasteiger partial charge in [-0.2, -0.15) is 13.2 Å². The average Bonchev–Trinajstić information content (AvgIpc) is 3.04. The molecule has 1 aromatic carbocycles. The third-order valence-corrected chi connectivity index (χ3v) is 4.45. The van der Waals surface area contributed by atoms with Gasteiger partial charge >= 0.3 is 6.18 Å². The second-order valence-corrected chi connectivity index (χ2v) is 7.66. The molecule has 1 atom stereocenters. The molecule has 1 saturated heterocycles. The van der Waals surface area contributed by atoms with Crippen LogP contribution in [0.3, 0.4) is 0 Å². The second-order valence-electron chi connectivity index (χ2n) is 7.66. The molecule has 176 valence electrons. The van der Waals surface area contributed by atoms with Crippen LogP contribution in [0.5, 0.6) is 0 Å². The van der Waals surface area contributed by atoms with Crippen LogP contribution in [0.15, 0.2) is 29.3 Å². The summed E-state index contributed by atoms with van der Waals surface area (Å²) in [7, 11) is 3.65. The van der Waals surface area contributed by atoms with E-state index in [1.807, 2.05) is 45.3 Å². The third kappa shape index (κ3) is 11.0. The lowest BCUT2D eigenvalue weighted by Gasteiger charge is -2.19. The van der Waals surface area contributed by atoms with Gasteiger partial charge in [-0.15, -0.1) is 24.0 Å². The molecule has 0 radical (unpaired) electrons. The molecule has 1 heterocycles. The molecule has 1 unspecified atom stereocenters. The fourth-order valence-electron chi connectivity index (χ4n) is 3.27. The number of likely N-dealkylation sites (N-methyl/N-ethyl adjacent to an activating group) is 1. The Morgan fingerprint density at radius 1 is 1.32 bits per heavy atom. The topological polar surface area (TPSA) is 72.0 Å². The van der Waals surface area contributed by atoms with E-state index in [2.05, 4.69) is 20.9 Å². The Morgan fingerprint density at radius 2 is 2.06 bits per heavy atom. The minimum Gasteiger partial charge on any atom is -0.357 e. The van der Waals surface area contributed by atoms with E-state index in [9.17, 15) is 18.0 Å². The molecule has 7 nitrogen and oxygen atoms in total. The molecule has 0 spiro atoms. The molecule has 3 N–H and O–H groups in total. The Hall–Kier alpha value is -1.60. The molecular weight excluding hydrogens is 524 g/mol. The highest BCUT2D eigenvalue weighted by Crippen LogP contribution is 2.20. The summed E-state index contributed by atoms with van der Waals surface area (Å²) in [4.78, 5) is 19.7. The number of halogens is 4. The van der Waals surface area contributed by atoms with Crippen LogP contribution in [0.2, 0.25) is 0 Å². The van der Waals surface area contributed by atoms with Crippen LogP contribution in [0.4, 0.5) is 18.9 Å². The Labute approximate surface area is 198 Å². The average molecular weight is 556 g/mol. The lowest BCUT2D eigenvalue weighted by Crippen LogP contribution is -2.45. The number of alkyl halides is 3. The van der Waals surface area contributed by atoms with Crippen molar-refractivity contribution in [1.29, 1.82) is 0 Å². The van der Waals surface area contributed by atoms with Crippen molar-refractivity contribution in [2.24, 2.45) is 4.99 Å². The van der Waals surface area contributed by atoms with Crippen molar-refractivity contribution in [2.45, 2.75) is 32.1 Å². The first kappa shape index (κ1) is 27.4. The fraction of sp³-hybridized carbons (Fsp3) is 0.600. The molecule has 1 amide bonds. The highest BCUT2D eigenvalue weighted by Gasteiger charge is 2.34. The number of likely N-dealkylation sites (tertiary alicyclic amines) is 1. The van der Waals surface area contributed by atoms with Crippen LogP contribution in [-0.2, 0) is 11.3 Å². The lowest BCUT2D eigenvalue weighted by molar-refractivity contribution is -0.143. The van der Waals surface area contributed by atoms with Gasteiger partial charge in [0.15, 0.2) is 5.96 Å². The van der Waals surface area contributed by atoms with Crippen molar-refractivity contribution in [1.82, 2.24) is 20.4 Å². The molecule has 1 aromatic rings. The predicted molar refractivity (Wildman–Crippen MR) is 128 cm³/mol. The number of anilines is 1. The number of carbonyl (C=O) groups is 1. The molecule has 11 heteroatoms. The van der Waals surface area contributed by atoms with Gasteiger partial charge in [0, 0.05) is 31.4 Å². The number of hydrogen-bond donors (Lipinski definition) is 3. The van der Waals surface area contributed by atoms with Crippen LogP contribution < -0.4 is 16.0 Å². The Morgan fingerprint density at radius 3 is 2.71 bits per heavy atom. The number of hydrogen-bond acceptors (Lipinski definition) is 4. The van der Waals surface area contributed by atoms with Crippen molar-refractivity contribution in [3.63, 3.8) is 0 Å². The molecule has 0 saturated carbocycles. The number of aliphatic imine (C=N–C) groups is 1. The number of amides is 1. The summed E-state index contributed by atoms with van der Waals surface area (Å²) in [6.07, 6.45) is -3.55. The zero-order valence-corrected chi connectivity index (χ0v) is 20.5. The third-order valence-electron chi connectivity index (χ3n) is 4.45. The van der Waals surface area contributed by atoms with Crippen molar-refractivity contribution in [2.75, 3.05) is 52.1 Å². The SMILES string of the molecule is CCNC(=NCc1cccc(NC(=O)CN(C)C)c1)NC1CCN(CC(F)(F)F)C1.I. The van der Waals surface area contributed by atoms with Crippen molar-refractivity contribution < 1.29 is 18.0 Å². The minimum absolute atomic E-state index is 0. The lowest BCUT2D eigenvalue weighted by atomic mass is 10.2. The van der Waals surface area contributed by atoms with Gasteiger partial charge in [-0.05, 0) is 45.1 Å². The molecule has 31 heavy (non-hydrogen) atoms. The van der Waals surface area contributed by atoms with E-state index in [4.69, 9.17) is 0 Å². The van der Waals surface area contributed by atoms with Crippen LogP contribution >= 0.6 is 24.0 Å². The van der Waals surface area contributed by atoms with E-state index < -0.39 is 12.7 Å². The van der Waals surface area contributed by atoms with Gasteiger partial charge in [-0.3, -0.25) is 9.69 Å². The minimum atomic E-state index is -4.18. The van der Waals surface area contributed by atoms with Gasteiger partial charge in [0.05, 0.1) is 19.6 Å². The largest absolute Gasteiger partial charge is 0.401 e. The van der Waals surface area contributed by atoms with E-state index in [0.29, 0.717) is 50.8 Å². The monoisotopic (exact) mass is 556 g/mol. The zero-order valence-electron chi connectivity index (χ0n) is 18.1. The Balaban J connectivity index is 0.00000480. The first-order valence-electron chi connectivity index (χ1n) is 10.0. The van der Waals surface area contributed by atoms with Gasteiger partial charge < -0.3 is 20.9 Å². The number of benzene rings is 1. The molecule has 0 aliphatic carbocycles. The smallest absolute Gasteiger partial charge is 0.357 e. The van der Waals surface area contributed by atoms with Crippen LogP contribution in [0.25, 0.3) is 0 Å². The molecule has 0 bridgehead atoms. The first-order valence-corrected chi connectivity index (χ1v) is 10.0.